The smallest absolute Gasteiger partial charge is 0.407 e. The Hall–Kier alpha value is -3.27. The van der Waals surface area contributed by atoms with Crippen LogP contribution in [0.3, 0.4) is 0 Å². The molecule has 1 aliphatic rings. The number of rotatable bonds is 5. The Labute approximate surface area is 222 Å². The zero-order chi connectivity index (χ0) is 27.3. The van der Waals surface area contributed by atoms with E-state index >= 15 is 0 Å². The lowest BCUT2D eigenvalue weighted by Crippen LogP contribution is -2.61. The fraction of sp³-hybridized carbons (Fsp3) is 0.538. The van der Waals surface area contributed by atoms with Crippen LogP contribution < -0.4 is 10.6 Å². The van der Waals surface area contributed by atoms with Gasteiger partial charge in [-0.15, -0.1) is 0 Å². The first kappa shape index (κ1) is 26.8. The standard InChI is InChI=1S/C26H36ClN7O3/c1-14-21(23(35)34-12-15(13-34)30-24(36)37-26(5,6)7)33(8)20(29-14)11-28-22-16-9-17(25(2,3)4)18(27)10-19(16)31-32-22/h9-10,15H,11-13H2,1-8H3,(H,30,36)(H2,28,31,32). The molecule has 37 heavy (non-hydrogen) atoms. The maximum atomic E-state index is 13.2. The average Bonchev–Trinajstić information content (AvgIpc) is 3.24. The van der Waals surface area contributed by atoms with Crippen molar-refractivity contribution < 1.29 is 14.3 Å². The van der Waals surface area contributed by atoms with Crippen molar-refractivity contribution in [2.75, 3.05) is 18.4 Å². The minimum Gasteiger partial charge on any atom is -0.444 e. The van der Waals surface area contributed by atoms with Crippen LogP contribution in [0.25, 0.3) is 10.9 Å². The van der Waals surface area contributed by atoms with Crippen LogP contribution in [0.15, 0.2) is 12.1 Å². The Bertz CT molecular complexity index is 1340. The minimum absolute atomic E-state index is 0.107. The van der Waals surface area contributed by atoms with E-state index < -0.39 is 11.7 Å². The number of ether oxygens (including phenoxy) is 1. The number of alkyl carbamates (subject to hydrolysis) is 1. The molecule has 10 nitrogen and oxygen atoms in total. The van der Waals surface area contributed by atoms with Crippen LogP contribution in [-0.2, 0) is 23.7 Å². The molecule has 0 radical (unpaired) electrons. The van der Waals surface area contributed by atoms with Crippen LogP contribution in [0.5, 0.6) is 0 Å². The van der Waals surface area contributed by atoms with E-state index in [0.29, 0.717) is 47.7 Å². The molecular formula is C26H36ClN7O3. The molecule has 1 aromatic carbocycles. The number of aryl methyl sites for hydroxylation is 1. The van der Waals surface area contributed by atoms with Crippen molar-refractivity contribution in [1.82, 2.24) is 30.0 Å². The SMILES string of the molecule is Cc1nc(CNc2n[nH]c3cc(Cl)c(C(C)(C)C)cc23)n(C)c1C(=O)N1CC(NC(=O)OC(C)(C)C)C1. The van der Waals surface area contributed by atoms with Gasteiger partial charge in [0.25, 0.3) is 5.91 Å². The number of carbonyl (C=O) groups is 2. The highest BCUT2D eigenvalue weighted by Gasteiger charge is 2.35. The number of H-pyrrole nitrogens is 1. The van der Waals surface area contributed by atoms with Crippen molar-refractivity contribution in [2.45, 2.75) is 72.1 Å². The summed E-state index contributed by atoms with van der Waals surface area (Å²) in [5.41, 5.74) is 2.40. The van der Waals surface area contributed by atoms with Gasteiger partial charge in [0.2, 0.25) is 0 Å². The van der Waals surface area contributed by atoms with Crippen molar-refractivity contribution >= 4 is 40.3 Å². The van der Waals surface area contributed by atoms with Crippen LogP contribution in [0.4, 0.5) is 10.6 Å². The predicted octanol–water partition coefficient (Wildman–Crippen LogP) is 4.52. The van der Waals surface area contributed by atoms with Gasteiger partial charge in [-0.05, 0) is 50.8 Å². The molecule has 0 spiro atoms. The number of halogens is 1. The van der Waals surface area contributed by atoms with Gasteiger partial charge in [0.15, 0.2) is 5.82 Å². The summed E-state index contributed by atoms with van der Waals surface area (Å²) in [6.45, 7) is 14.9. The molecule has 3 N–H and O–H groups in total. The topological polar surface area (TPSA) is 117 Å². The fourth-order valence-corrected chi connectivity index (χ4v) is 4.87. The number of nitrogens with one attached hydrogen (secondary N) is 3. The Morgan fingerprint density at radius 2 is 1.86 bits per heavy atom. The molecular weight excluding hydrogens is 494 g/mol. The Morgan fingerprint density at radius 1 is 1.19 bits per heavy atom. The zero-order valence-corrected chi connectivity index (χ0v) is 23.5. The Balaban J connectivity index is 1.42. The minimum atomic E-state index is -0.566. The van der Waals surface area contributed by atoms with Gasteiger partial charge < -0.3 is 24.8 Å². The van der Waals surface area contributed by atoms with Crippen molar-refractivity contribution in [2.24, 2.45) is 7.05 Å². The quantitative estimate of drug-likeness (QED) is 0.447. The summed E-state index contributed by atoms with van der Waals surface area (Å²) in [5.74, 6) is 1.30. The van der Waals surface area contributed by atoms with E-state index in [1.165, 1.54) is 0 Å². The number of nitrogens with zero attached hydrogens (tertiary/aromatic N) is 4. The van der Waals surface area contributed by atoms with Crippen LogP contribution in [-0.4, -0.2) is 61.4 Å². The Kier molecular flexibility index (Phi) is 6.92. The van der Waals surface area contributed by atoms with E-state index in [9.17, 15) is 9.59 Å². The van der Waals surface area contributed by atoms with Gasteiger partial charge in [-0.2, -0.15) is 5.10 Å². The van der Waals surface area contributed by atoms with Gasteiger partial charge in [-0.1, -0.05) is 32.4 Å². The van der Waals surface area contributed by atoms with E-state index in [-0.39, 0.29) is 17.4 Å². The number of imidazole rings is 1. The molecule has 0 aliphatic carbocycles. The average molecular weight is 530 g/mol. The summed E-state index contributed by atoms with van der Waals surface area (Å²) < 4.78 is 7.10. The van der Waals surface area contributed by atoms with Crippen LogP contribution in [0.1, 0.15) is 69.1 Å². The molecule has 1 fully saturated rings. The maximum absolute atomic E-state index is 13.2. The van der Waals surface area contributed by atoms with E-state index in [1.807, 2.05) is 45.4 Å². The number of hydrogen-bond donors (Lipinski definition) is 3. The lowest BCUT2D eigenvalue weighted by atomic mass is 9.86. The highest BCUT2D eigenvalue weighted by molar-refractivity contribution is 6.32. The Morgan fingerprint density at radius 3 is 2.49 bits per heavy atom. The van der Waals surface area contributed by atoms with E-state index in [2.05, 4.69) is 52.7 Å². The van der Waals surface area contributed by atoms with Crippen molar-refractivity contribution in [3.05, 3.63) is 39.9 Å². The van der Waals surface area contributed by atoms with Gasteiger partial charge in [-0.3, -0.25) is 9.89 Å². The first-order valence-corrected chi connectivity index (χ1v) is 12.7. The molecule has 3 heterocycles. The third-order valence-corrected chi connectivity index (χ3v) is 6.64. The van der Waals surface area contributed by atoms with Gasteiger partial charge in [0.1, 0.15) is 17.1 Å². The lowest BCUT2D eigenvalue weighted by Gasteiger charge is -2.39. The summed E-state index contributed by atoms with van der Waals surface area (Å²) in [6.07, 6.45) is -0.475. The zero-order valence-electron chi connectivity index (χ0n) is 22.7. The highest BCUT2D eigenvalue weighted by Crippen LogP contribution is 2.34. The number of fused-ring (bicyclic) bond motifs is 1. The number of likely N-dealkylation sites (tertiary alicyclic amines) is 1. The summed E-state index contributed by atoms with van der Waals surface area (Å²) in [5, 5.41) is 15.3. The number of benzene rings is 1. The third kappa shape index (κ3) is 5.69. The van der Waals surface area contributed by atoms with Crippen molar-refractivity contribution in [3.63, 3.8) is 0 Å². The predicted molar refractivity (Wildman–Crippen MR) is 144 cm³/mol. The number of aromatic nitrogens is 4. The molecule has 1 saturated heterocycles. The van der Waals surface area contributed by atoms with Gasteiger partial charge >= 0.3 is 6.09 Å². The van der Waals surface area contributed by atoms with Gasteiger partial charge in [-0.25, -0.2) is 9.78 Å². The fourth-order valence-electron chi connectivity index (χ4n) is 4.42. The van der Waals surface area contributed by atoms with Gasteiger partial charge in [0.05, 0.1) is 23.8 Å². The highest BCUT2D eigenvalue weighted by atomic mass is 35.5. The largest absolute Gasteiger partial charge is 0.444 e. The molecule has 2 amide bonds. The molecule has 11 heteroatoms. The van der Waals surface area contributed by atoms with E-state index in [0.717, 1.165) is 16.5 Å². The first-order valence-electron chi connectivity index (χ1n) is 12.4. The monoisotopic (exact) mass is 529 g/mol. The number of aromatic amines is 1. The van der Waals surface area contributed by atoms with E-state index in [1.54, 1.807) is 4.90 Å². The van der Waals surface area contributed by atoms with Crippen LogP contribution in [0.2, 0.25) is 5.02 Å². The van der Waals surface area contributed by atoms with Gasteiger partial charge in [0, 0.05) is 30.5 Å². The molecule has 4 rings (SSSR count). The number of anilines is 1. The lowest BCUT2D eigenvalue weighted by molar-refractivity contribution is 0.0355. The molecule has 0 bridgehead atoms. The second-order valence-corrected chi connectivity index (χ2v) is 12.0. The summed E-state index contributed by atoms with van der Waals surface area (Å²) in [6, 6.07) is 3.83. The molecule has 200 valence electrons. The second kappa shape index (κ2) is 9.55. The summed E-state index contributed by atoms with van der Waals surface area (Å²) >= 11 is 6.50. The van der Waals surface area contributed by atoms with Crippen molar-refractivity contribution in [1.29, 1.82) is 0 Å². The second-order valence-electron chi connectivity index (χ2n) is 11.6. The molecule has 0 atom stereocenters. The third-order valence-electron chi connectivity index (χ3n) is 6.33. The van der Waals surface area contributed by atoms with Crippen LogP contribution >= 0.6 is 11.6 Å². The number of amides is 2. The summed E-state index contributed by atoms with van der Waals surface area (Å²) in [7, 11) is 1.83. The number of carbonyl (C=O) groups excluding carboxylic acids is 2. The number of hydrogen-bond acceptors (Lipinski definition) is 6. The molecule has 0 saturated carbocycles. The van der Waals surface area contributed by atoms with E-state index in [4.69, 9.17) is 16.3 Å². The van der Waals surface area contributed by atoms with Crippen LogP contribution in [0, 0.1) is 6.92 Å². The molecule has 3 aromatic rings. The normalized spacial score (nSPS) is 14.6. The molecule has 0 unspecified atom stereocenters. The molecule has 2 aromatic heterocycles. The summed E-state index contributed by atoms with van der Waals surface area (Å²) in [4.78, 5) is 31.5. The van der Waals surface area contributed by atoms with Crippen molar-refractivity contribution in [3.8, 4) is 0 Å². The maximum Gasteiger partial charge on any atom is 0.407 e. The molecule has 1 aliphatic heterocycles. The first-order chi connectivity index (χ1) is 17.1.